The van der Waals surface area contributed by atoms with E-state index in [1.807, 2.05) is 6.07 Å². The molecule has 3 rings (SSSR count). The van der Waals surface area contributed by atoms with Gasteiger partial charge in [0.25, 0.3) is 0 Å². The zero-order chi connectivity index (χ0) is 16.8. The monoisotopic (exact) mass is 326 g/mol. The second kappa shape index (κ2) is 7.56. The third kappa shape index (κ3) is 4.40. The summed E-state index contributed by atoms with van der Waals surface area (Å²) >= 11 is 0. The summed E-state index contributed by atoms with van der Waals surface area (Å²) in [6.45, 7) is 3.55. The molecule has 128 valence electrons. The molecular weight excluding hydrogens is 300 g/mol. The Balaban J connectivity index is 1.42. The van der Waals surface area contributed by atoms with Crippen LogP contribution in [0.25, 0.3) is 0 Å². The predicted molar refractivity (Wildman–Crippen MR) is 94.3 cm³/mol. The molecule has 1 aromatic carbocycles. The Hall–Kier alpha value is -2.23. The topological polar surface area (TPSA) is 46.8 Å². The van der Waals surface area contributed by atoms with Crippen molar-refractivity contribution in [1.29, 1.82) is 0 Å². The Labute approximate surface area is 143 Å². The molecule has 4 heteroatoms. The maximum absolute atomic E-state index is 9.57. The molecule has 1 aliphatic rings. The van der Waals surface area contributed by atoms with Crippen molar-refractivity contribution in [2.75, 3.05) is 13.2 Å². The van der Waals surface area contributed by atoms with Crippen LogP contribution >= 0.6 is 0 Å². The summed E-state index contributed by atoms with van der Waals surface area (Å²) in [6, 6.07) is 13.9. The van der Waals surface area contributed by atoms with E-state index in [1.165, 1.54) is 31.2 Å². The van der Waals surface area contributed by atoms with Gasteiger partial charge in [-0.15, -0.1) is 0 Å². The number of pyridine rings is 1. The van der Waals surface area contributed by atoms with Crippen LogP contribution in [0, 0.1) is 5.41 Å². The molecule has 0 spiro atoms. The van der Waals surface area contributed by atoms with E-state index < -0.39 is 0 Å². The molecule has 0 bridgehead atoms. The summed E-state index contributed by atoms with van der Waals surface area (Å²) in [7, 11) is 0. The Bertz CT molecular complexity index is 715. The van der Waals surface area contributed by atoms with E-state index in [4.69, 9.17) is 4.74 Å². The van der Waals surface area contributed by atoms with Crippen molar-refractivity contribution >= 4 is 0 Å². The lowest BCUT2D eigenvalue weighted by Gasteiger charge is -2.12. The molecule has 1 heterocycles. The van der Waals surface area contributed by atoms with Gasteiger partial charge >= 0.3 is 0 Å². The number of hydrogen-bond donors (Lipinski definition) is 1. The lowest BCUT2D eigenvalue weighted by Crippen LogP contribution is -2.17. The van der Waals surface area contributed by atoms with Gasteiger partial charge in [0, 0.05) is 19.2 Å². The van der Waals surface area contributed by atoms with Crippen molar-refractivity contribution in [3.8, 4) is 5.75 Å². The van der Waals surface area contributed by atoms with Gasteiger partial charge in [0.15, 0.2) is 5.49 Å². The highest BCUT2D eigenvalue weighted by molar-refractivity contribution is 5.28. The third-order valence-electron chi connectivity index (χ3n) is 4.87. The molecule has 1 aliphatic carbocycles. The fraction of sp³-hybridized carbons (Fsp3) is 0.450. The number of aromatic nitrogens is 1. The quantitative estimate of drug-likeness (QED) is 0.592. The molecule has 2 aromatic rings. The van der Waals surface area contributed by atoms with Crippen molar-refractivity contribution in [1.82, 2.24) is 4.73 Å². The van der Waals surface area contributed by atoms with Gasteiger partial charge in [0.2, 0.25) is 0 Å². The Morgan fingerprint density at radius 3 is 2.62 bits per heavy atom. The predicted octanol–water partition coefficient (Wildman–Crippen LogP) is 3.83. The second-order valence-corrected chi connectivity index (χ2v) is 6.66. The SMILES string of the molecule is CCC1(Cc2ccc(OCCCN=c3ccccn3O)cc2)CC1. The fourth-order valence-corrected chi connectivity index (χ4v) is 2.97. The van der Waals surface area contributed by atoms with Crippen molar-refractivity contribution in [2.45, 2.75) is 39.0 Å². The van der Waals surface area contributed by atoms with Gasteiger partial charge in [0.1, 0.15) is 5.75 Å². The molecule has 1 saturated carbocycles. The van der Waals surface area contributed by atoms with Gasteiger partial charge in [-0.2, -0.15) is 4.73 Å². The molecule has 0 aliphatic heterocycles. The van der Waals surface area contributed by atoms with Crippen LogP contribution in [-0.2, 0) is 6.42 Å². The van der Waals surface area contributed by atoms with Crippen LogP contribution in [0.5, 0.6) is 5.75 Å². The summed E-state index contributed by atoms with van der Waals surface area (Å²) < 4.78 is 6.80. The maximum atomic E-state index is 9.57. The van der Waals surface area contributed by atoms with Crippen molar-refractivity contribution in [2.24, 2.45) is 10.4 Å². The number of nitrogens with zero attached hydrogens (tertiary/aromatic N) is 2. The van der Waals surface area contributed by atoms with E-state index in [2.05, 4.69) is 36.2 Å². The standard InChI is InChI=1S/C20H26N2O2/c1-2-20(11-12-20)16-17-7-9-18(10-8-17)24-15-5-13-21-19-6-3-4-14-22(19)23/h3-4,6-10,14,23H,2,5,11-13,15-16H2,1H3. The summed E-state index contributed by atoms with van der Waals surface area (Å²) in [6.07, 6.45) is 7.61. The molecule has 0 unspecified atom stereocenters. The Morgan fingerprint density at radius 1 is 1.17 bits per heavy atom. The first-order valence-corrected chi connectivity index (χ1v) is 8.80. The average molecular weight is 326 g/mol. The van der Waals surface area contributed by atoms with Gasteiger partial charge in [0.05, 0.1) is 6.61 Å². The van der Waals surface area contributed by atoms with E-state index in [1.54, 1.807) is 18.3 Å². The van der Waals surface area contributed by atoms with Gasteiger partial charge in [-0.05, 0) is 54.5 Å². The molecule has 0 amide bonds. The Kier molecular flexibility index (Phi) is 5.24. The lowest BCUT2D eigenvalue weighted by molar-refractivity contribution is 0.171. The zero-order valence-corrected chi connectivity index (χ0v) is 14.3. The minimum atomic E-state index is 0.562. The van der Waals surface area contributed by atoms with Crippen molar-refractivity contribution in [3.05, 3.63) is 59.7 Å². The van der Waals surface area contributed by atoms with E-state index in [9.17, 15) is 5.21 Å². The minimum Gasteiger partial charge on any atom is -0.494 e. The maximum Gasteiger partial charge on any atom is 0.163 e. The van der Waals surface area contributed by atoms with Crippen LogP contribution in [0.4, 0.5) is 0 Å². The first-order chi connectivity index (χ1) is 11.7. The van der Waals surface area contributed by atoms with Crippen molar-refractivity contribution < 1.29 is 9.94 Å². The largest absolute Gasteiger partial charge is 0.494 e. The lowest BCUT2D eigenvalue weighted by atomic mass is 9.94. The molecule has 1 aromatic heterocycles. The highest BCUT2D eigenvalue weighted by Crippen LogP contribution is 2.51. The molecule has 24 heavy (non-hydrogen) atoms. The van der Waals surface area contributed by atoms with E-state index in [0.29, 0.717) is 24.1 Å². The van der Waals surface area contributed by atoms with E-state index in [-0.39, 0.29) is 0 Å². The fourth-order valence-electron chi connectivity index (χ4n) is 2.97. The number of ether oxygens (including phenoxy) is 1. The average Bonchev–Trinajstić information content (AvgIpc) is 3.38. The van der Waals surface area contributed by atoms with Gasteiger partial charge < -0.3 is 9.94 Å². The van der Waals surface area contributed by atoms with Crippen molar-refractivity contribution in [3.63, 3.8) is 0 Å². The minimum absolute atomic E-state index is 0.562. The molecule has 0 atom stereocenters. The van der Waals surface area contributed by atoms with Gasteiger partial charge in [-0.3, -0.25) is 4.99 Å². The van der Waals surface area contributed by atoms with Gasteiger partial charge in [-0.1, -0.05) is 31.5 Å². The van der Waals surface area contributed by atoms with E-state index >= 15 is 0 Å². The summed E-state index contributed by atoms with van der Waals surface area (Å²) in [5.74, 6) is 0.914. The molecule has 4 nitrogen and oxygen atoms in total. The zero-order valence-electron chi connectivity index (χ0n) is 14.3. The molecule has 1 N–H and O–H groups in total. The van der Waals surface area contributed by atoms with Gasteiger partial charge in [-0.25, -0.2) is 0 Å². The van der Waals surface area contributed by atoms with Crippen LogP contribution in [-0.4, -0.2) is 23.1 Å². The van der Waals surface area contributed by atoms with E-state index in [0.717, 1.165) is 16.9 Å². The Morgan fingerprint density at radius 2 is 1.96 bits per heavy atom. The van der Waals surface area contributed by atoms with Crippen LogP contribution in [0.3, 0.4) is 0 Å². The molecular formula is C20H26N2O2. The molecule has 0 saturated heterocycles. The highest BCUT2D eigenvalue weighted by atomic mass is 16.5. The number of rotatable bonds is 8. The number of hydrogen-bond acceptors (Lipinski definition) is 3. The van der Waals surface area contributed by atoms with Crippen LogP contribution in [0.2, 0.25) is 0 Å². The third-order valence-corrected chi connectivity index (χ3v) is 4.87. The molecule has 0 radical (unpaired) electrons. The first kappa shape index (κ1) is 16.6. The second-order valence-electron chi connectivity index (χ2n) is 6.66. The first-order valence-electron chi connectivity index (χ1n) is 8.80. The summed E-state index contributed by atoms with van der Waals surface area (Å²) in [5, 5.41) is 9.57. The molecule has 1 fully saturated rings. The highest BCUT2D eigenvalue weighted by Gasteiger charge is 2.40. The van der Waals surface area contributed by atoms with Crippen LogP contribution < -0.4 is 10.2 Å². The number of benzene rings is 1. The van der Waals surface area contributed by atoms with Crippen LogP contribution in [0.15, 0.2) is 53.7 Å². The normalized spacial score (nSPS) is 16.1. The smallest absolute Gasteiger partial charge is 0.163 e. The van der Waals surface area contributed by atoms with Crippen LogP contribution in [0.1, 0.15) is 38.2 Å². The summed E-state index contributed by atoms with van der Waals surface area (Å²) in [4.78, 5) is 4.34. The summed E-state index contributed by atoms with van der Waals surface area (Å²) in [5.41, 5.74) is 2.56.